The van der Waals surface area contributed by atoms with Crippen LogP contribution in [0.3, 0.4) is 0 Å². The number of aliphatic imine (C=N–C) groups is 1. The van der Waals surface area contributed by atoms with Gasteiger partial charge in [0, 0.05) is 7.05 Å². The molecule has 0 saturated heterocycles. The number of rotatable bonds is 2. The highest BCUT2D eigenvalue weighted by Crippen LogP contribution is 2.07. The number of nitrogens with zero attached hydrogens (tertiary/aromatic N) is 1. The van der Waals surface area contributed by atoms with Gasteiger partial charge >= 0.3 is 0 Å². The van der Waals surface area contributed by atoms with Crippen molar-refractivity contribution in [3.05, 3.63) is 0 Å². The first-order valence-electron chi connectivity index (χ1n) is 3.23. The highest BCUT2D eigenvalue weighted by Gasteiger charge is 2.25. The van der Waals surface area contributed by atoms with Crippen LogP contribution in [-0.2, 0) is 4.79 Å². The summed E-state index contributed by atoms with van der Waals surface area (Å²) in [6.45, 7) is 3.26. The normalized spacial score (nSPS) is 10.5. The van der Waals surface area contributed by atoms with Crippen LogP contribution in [0.4, 0.5) is 0 Å². The number of nitrogens with two attached hydrogens (primary N) is 2. The van der Waals surface area contributed by atoms with Gasteiger partial charge in [-0.15, -0.1) is 0 Å². The van der Waals surface area contributed by atoms with Gasteiger partial charge in [-0.2, -0.15) is 0 Å². The minimum atomic E-state index is -0.881. The second-order valence-corrected chi connectivity index (χ2v) is 2.67. The number of carbonyl (C=O) groups excluding carboxylic acids is 1. The number of guanidine groups is 1. The largest absolute Gasteiger partial charge is 0.370 e. The molecular formula is C6H14N4O. The Labute approximate surface area is 65.9 Å². The second kappa shape index (κ2) is 3.23. The Morgan fingerprint density at radius 1 is 1.45 bits per heavy atom. The summed E-state index contributed by atoms with van der Waals surface area (Å²) in [5, 5.41) is 2.45. The van der Waals surface area contributed by atoms with Gasteiger partial charge in [-0.05, 0) is 13.8 Å². The van der Waals surface area contributed by atoms with Crippen LogP contribution in [0.1, 0.15) is 13.8 Å². The number of hydrogen-bond donors (Lipinski definition) is 3. The second-order valence-electron chi connectivity index (χ2n) is 2.67. The Morgan fingerprint density at radius 3 is 2.18 bits per heavy atom. The van der Waals surface area contributed by atoms with Crippen LogP contribution >= 0.6 is 0 Å². The van der Waals surface area contributed by atoms with Crippen molar-refractivity contribution in [3.8, 4) is 0 Å². The molecule has 64 valence electrons. The van der Waals surface area contributed by atoms with Gasteiger partial charge in [0.2, 0.25) is 5.91 Å². The molecule has 0 fully saturated rings. The minimum Gasteiger partial charge on any atom is -0.370 e. The van der Waals surface area contributed by atoms with E-state index in [4.69, 9.17) is 11.5 Å². The van der Waals surface area contributed by atoms with Crippen LogP contribution < -0.4 is 16.8 Å². The van der Waals surface area contributed by atoms with E-state index in [1.165, 1.54) is 7.05 Å². The predicted molar refractivity (Wildman–Crippen MR) is 44.0 cm³/mol. The third-order valence-electron chi connectivity index (χ3n) is 1.19. The lowest BCUT2D eigenvalue weighted by Crippen LogP contribution is -2.41. The fraction of sp³-hybridized carbons (Fsp3) is 0.667. The molecule has 0 radical (unpaired) electrons. The molecule has 5 nitrogen and oxygen atoms in total. The van der Waals surface area contributed by atoms with E-state index in [-0.39, 0.29) is 11.9 Å². The summed E-state index contributed by atoms with van der Waals surface area (Å²) in [6.07, 6.45) is 0. The number of carbonyl (C=O) groups is 1. The number of amides is 1. The van der Waals surface area contributed by atoms with E-state index < -0.39 is 5.54 Å². The molecule has 0 saturated carbocycles. The molecule has 0 aliphatic rings. The average Bonchev–Trinajstić information content (AvgIpc) is 1.83. The maximum atomic E-state index is 11.0. The van der Waals surface area contributed by atoms with Crippen molar-refractivity contribution in [2.45, 2.75) is 19.4 Å². The van der Waals surface area contributed by atoms with Crippen LogP contribution in [0.2, 0.25) is 0 Å². The molecule has 0 aromatic heterocycles. The molecule has 0 spiro atoms. The molecule has 0 bridgehead atoms. The summed E-state index contributed by atoms with van der Waals surface area (Å²) in [7, 11) is 1.53. The van der Waals surface area contributed by atoms with Gasteiger partial charge in [0.15, 0.2) is 5.96 Å². The zero-order chi connectivity index (χ0) is 9.07. The maximum Gasteiger partial charge on any atom is 0.247 e. The Balaban J connectivity index is 4.46. The van der Waals surface area contributed by atoms with Gasteiger partial charge in [-0.25, -0.2) is 4.99 Å². The van der Waals surface area contributed by atoms with Crippen LogP contribution in [0, 0.1) is 0 Å². The fourth-order valence-electron chi connectivity index (χ4n) is 0.679. The first kappa shape index (κ1) is 9.74. The lowest BCUT2D eigenvalue weighted by Gasteiger charge is -2.16. The van der Waals surface area contributed by atoms with Gasteiger partial charge in [0.25, 0.3) is 0 Å². The smallest absolute Gasteiger partial charge is 0.247 e. The Bertz CT molecular complexity index is 181. The van der Waals surface area contributed by atoms with Crippen molar-refractivity contribution in [2.24, 2.45) is 16.5 Å². The van der Waals surface area contributed by atoms with Crippen molar-refractivity contribution in [2.75, 3.05) is 7.05 Å². The molecule has 5 heteroatoms. The van der Waals surface area contributed by atoms with E-state index in [2.05, 4.69) is 10.3 Å². The van der Waals surface area contributed by atoms with Gasteiger partial charge in [-0.1, -0.05) is 0 Å². The quantitative estimate of drug-likeness (QED) is 0.347. The summed E-state index contributed by atoms with van der Waals surface area (Å²) in [5.41, 5.74) is 9.36. The van der Waals surface area contributed by atoms with E-state index in [0.717, 1.165) is 0 Å². The lowest BCUT2D eigenvalue weighted by molar-refractivity contribution is -0.124. The first-order valence-corrected chi connectivity index (χ1v) is 3.23. The van der Waals surface area contributed by atoms with Crippen LogP contribution in [0.25, 0.3) is 0 Å². The monoisotopic (exact) mass is 158 g/mol. The standard InChI is InChI=1S/C6H14N4O/c1-6(2,4(11)9-3)10-5(7)8/h1-3H3,(H,9,11)(H4,7,8,10). The molecule has 0 aliphatic heterocycles. The predicted octanol–water partition coefficient (Wildman–Crippen LogP) is -1.22. The van der Waals surface area contributed by atoms with Gasteiger partial charge in [0.1, 0.15) is 5.54 Å². The van der Waals surface area contributed by atoms with E-state index in [9.17, 15) is 4.79 Å². The SMILES string of the molecule is CNC(=O)C(C)(C)N=C(N)N. The van der Waals surface area contributed by atoms with Crippen LogP contribution in [-0.4, -0.2) is 24.5 Å². The van der Waals surface area contributed by atoms with E-state index in [0.29, 0.717) is 0 Å². The third kappa shape index (κ3) is 2.88. The molecule has 0 rings (SSSR count). The molecule has 0 atom stereocenters. The molecule has 5 N–H and O–H groups in total. The Morgan fingerprint density at radius 2 is 1.91 bits per heavy atom. The molecular weight excluding hydrogens is 144 g/mol. The highest BCUT2D eigenvalue weighted by atomic mass is 16.2. The zero-order valence-electron chi connectivity index (χ0n) is 7.01. The number of likely N-dealkylation sites (N-methyl/N-ethyl adjacent to an activating group) is 1. The van der Waals surface area contributed by atoms with Crippen LogP contribution in [0.15, 0.2) is 4.99 Å². The van der Waals surface area contributed by atoms with Crippen molar-refractivity contribution in [3.63, 3.8) is 0 Å². The Kier molecular flexibility index (Phi) is 2.86. The summed E-state index contributed by atoms with van der Waals surface area (Å²) in [4.78, 5) is 14.8. The number of nitrogens with one attached hydrogen (secondary N) is 1. The van der Waals surface area contributed by atoms with Gasteiger partial charge in [-0.3, -0.25) is 4.79 Å². The van der Waals surface area contributed by atoms with Gasteiger partial charge < -0.3 is 16.8 Å². The van der Waals surface area contributed by atoms with Crippen LogP contribution in [0.5, 0.6) is 0 Å². The molecule has 0 aromatic rings. The molecule has 0 aromatic carbocycles. The zero-order valence-corrected chi connectivity index (χ0v) is 7.01. The Hall–Kier alpha value is -1.26. The lowest BCUT2D eigenvalue weighted by atomic mass is 10.1. The fourth-order valence-corrected chi connectivity index (χ4v) is 0.679. The summed E-state index contributed by atoms with van der Waals surface area (Å²) < 4.78 is 0. The van der Waals surface area contributed by atoms with E-state index in [1.807, 2.05) is 0 Å². The summed E-state index contributed by atoms with van der Waals surface area (Å²) in [6, 6.07) is 0. The minimum absolute atomic E-state index is 0.0846. The molecule has 0 unspecified atom stereocenters. The molecule has 0 heterocycles. The third-order valence-corrected chi connectivity index (χ3v) is 1.19. The highest BCUT2D eigenvalue weighted by molar-refractivity contribution is 5.88. The molecule has 1 amide bonds. The van der Waals surface area contributed by atoms with Crippen molar-refractivity contribution in [1.82, 2.24) is 5.32 Å². The van der Waals surface area contributed by atoms with E-state index in [1.54, 1.807) is 13.8 Å². The van der Waals surface area contributed by atoms with Crippen molar-refractivity contribution < 1.29 is 4.79 Å². The number of hydrogen-bond acceptors (Lipinski definition) is 2. The van der Waals surface area contributed by atoms with Gasteiger partial charge in [0.05, 0.1) is 0 Å². The molecule has 11 heavy (non-hydrogen) atoms. The maximum absolute atomic E-state index is 11.0. The molecule has 0 aliphatic carbocycles. The van der Waals surface area contributed by atoms with Crippen molar-refractivity contribution in [1.29, 1.82) is 0 Å². The topological polar surface area (TPSA) is 93.5 Å². The summed E-state index contributed by atoms with van der Waals surface area (Å²) in [5.74, 6) is -0.301. The van der Waals surface area contributed by atoms with E-state index >= 15 is 0 Å². The first-order chi connectivity index (χ1) is 4.90. The average molecular weight is 158 g/mol. The summed E-state index contributed by atoms with van der Waals surface area (Å²) >= 11 is 0. The van der Waals surface area contributed by atoms with Crippen molar-refractivity contribution >= 4 is 11.9 Å².